The van der Waals surface area contributed by atoms with Crippen LogP contribution in [0.15, 0.2) is 5.38 Å². The third-order valence-electron chi connectivity index (χ3n) is 4.78. The lowest BCUT2D eigenvalue weighted by molar-refractivity contribution is 0.0683. The summed E-state index contributed by atoms with van der Waals surface area (Å²) in [6.45, 7) is 2.01. The van der Waals surface area contributed by atoms with Crippen LogP contribution in [0.1, 0.15) is 37.8 Å². The molecule has 1 aromatic rings. The van der Waals surface area contributed by atoms with Crippen molar-refractivity contribution in [3.8, 4) is 0 Å². The van der Waals surface area contributed by atoms with Crippen LogP contribution in [0, 0.1) is 0 Å². The predicted molar refractivity (Wildman–Crippen MR) is 85.5 cm³/mol. The number of aromatic nitrogens is 1. The minimum absolute atomic E-state index is 0.368. The standard InChI is InChI=1S/C15H26N4S/c1-18(2)15(7-4-8-15)11-19(3)14-17-13(10-20-14)9-16-12-5-6-12/h10,12,16H,4-9,11H2,1-3H3. The maximum Gasteiger partial charge on any atom is 0.185 e. The van der Waals surface area contributed by atoms with Crippen LogP contribution in [0.5, 0.6) is 0 Å². The van der Waals surface area contributed by atoms with Gasteiger partial charge in [-0.25, -0.2) is 4.98 Å². The fourth-order valence-electron chi connectivity index (χ4n) is 2.93. The van der Waals surface area contributed by atoms with E-state index in [2.05, 4.69) is 41.6 Å². The van der Waals surface area contributed by atoms with Crippen LogP contribution < -0.4 is 10.2 Å². The molecule has 0 unspecified atom stereocenters. The van der Waals surface area contributed by atoms with E-state index in [4.69, 9.17) is 4.98 Å². The van der Waals surface area contributed by atoms with Crippen LogP contribution >= 0.6 is 11.3 Å². The van der Waals surface area contributed by atoms with Crippen molar-refractivity contribution in [2.24, 2.45) is 0 Å². The van der Waals surface area contributed by atoms with E-state index >= 15 is 0 Å². The van der Waals surface area contributed by atoms with E-state index < -0.39 is 0 Å². The van der Waals surface area contributed by atoms with Crippen LogP contribution in [0.3, 0.4) is 0 Å². The summed E-state index contributed by atoms with van der Waals surface area (Å²) in [6, 6.07) is 0.755. The lowest BCUT2D eigenvalue weighted by Crippen LogP contribution is -2.56. The average Bonchev–Trinajstić information content (AvgIpc) is 3.07. The molecule has 20 heavy (non-hydrogen) atoms. The van der Waals surface area contributed by atoms with E-state index in [1.807, 2.05) is 0 Å². The molecule has 5 heteroatoms. The lowest BCUT2D eigenvalue weighted by Gasteiger charge is -2.49. The highest BCUT2D eigenvalue weighted by molar-refractivity contribution is 7.13. The molecule has 0 radical (unpaired) electrons. The molecule has 0 bridgehead atoms. The fourth-order valence-corrected chi connectivity index (χ4v) is 3.72. The largest absolute Gasteiger partial charge is 0.349 e. The van der Waals surface area contributed by atoms with E-state index in [-0.39, 0.29) is 0 Å². The van der Waals surface area contributed by atoms with Gasteiger partial charge in [0.2, 0.25) is 0 Å². The second kappa shape index (κ2) is 5.62. The maximum atomic E-state index is 4.78. The van der Waals surface area contributed by atoms with E-state index in [1.165, 1.54) is 37.8 Å². The molecule has 2 aliphatic rings. The number of nitrogens with one attached hydrogen (secondary N) is 1. The normalized spacial score (nSPS) is 21.0. The highest BCUT2D eigenvalue weighted by atomic mass is 32.1. The van der Waals surface area contributed by atoms with Crippen molar-refractivity contribution < 1.29 is 0 Å². The van der Waals surface area contributed by atoms with Crippen molar-refractivity contribution in [3.63, 3.8) is 0 Å². The van der Waals surface area contributed by atoms with E-state index in [1.54, 1.807) is 11.3 Å². The Morgan fingerprint density at radius 2 is 2.10 bits per heavy atom. The minimum Gasteiger partial charge on any atom is -0.349 e. The summed E-state index contributed by atoms with van der Waals surface area (Å²) in [5.74, 6) is 0. The van der Waals surface area contributed by atoms with E-state index in [9.17, 15) is 0 Å². The van der Waals surface area contributed by atoms with Crippen molar-refractivity contribution in [2.45, 2.75) is 50.2 Å². The second-order valence-corrected chi connectivity index (χ2v) is 7.44. The smallest absolute Gasteiger partial charge is 0.185 e. The molecular weight excluding hydrogens is 268 g/mol. The Bertz CT molecular complexity index is 448. The van der Waals surface area contributed by atoms with Gasteiger partial charge in [-0.05, 0) is 46.2 Å². The third kappa shape index (κ3) is 3.00. The molecule has 0 atom stereocenters. The molecule has 2 saturated carbocycles. The molecule has 4 nitrogen and oxygen atoms in total. The van der Waals surface area contributed by atoms with Gasteiger partial charge in [-0.15, -0.1) is 11.3 Å². The first-order valence-electron chi connectivity index (χ1n) is 7.65. The van der Waals surface area contributed by atoms with E-state index in [0.717, 1.165) is 24.3 Å². The molecule has 3 rings (SSSR count). The van der Waals surface area contributed by atoms with Gasteiger partial charge in [-0.3, -0.25) is 0 Å². The predicted octanol–water partition coefficient (Wildman–Crippen LogP) is 2.32. The Labute approximate surface area is 126 Å². The summed E-state index contributed by atoms with van der Waals surface area (Å²) in [4.78, 5) is 9.51. The Balaban J connectivity index is 1.57. The minimum atomic E-state index is 0.368. The van der Waals surface area contributed by atoms with Crippen LogP contribution in [-0.4, -0.2) is 49.2 Å². The summed E-state index contributed by atoms with van der Waals surface area (Å²) >= 11 is 1.77. The van der Waals surface area contributed by atoms with Crippen LogP contribution in [0.2, 0.25) is 0 Å². The summed E-state index contributed by atoms with van der Waals surface area (Å²) in [6.07, 6.45) is 6.66. The first kappa shape index (κ1) is 14.3. The number of hydrogen-bond acceptors (Lipinski definition) is 5. The molecule has 0 aromatic carbocycles. The van der Waals surface area contributed by atoms with E-state index in [0.29, 0.717) is 5.54 Å². The quantitative estimate of drug-likeness (QED) is 0.836. The molecule has 0 amide bonds. The van der Waals surface area contributed by atoms with Gasteiger partial charge in [0.15, 0.2) is 5.13 Å². The van der Waals surface area contributed by atoms with Crippen molar-refractivity contribution in [3.05, 3.63) is 11.1 Å². The molecule has 0 saturated heterocycles. The number of nitrogens with zero attached hydrogens (tertiary/aromatic N) is 3. The highest BCUT2D eigenvalue weighted by Gasteiger charge is 2.40. The van der Waals surface area contributed by atoms with Crippen LogP contribution in [0.25, 0.3) is 0 Å². The zero-order valence-electron chi connectivity index (χ0n) is 12.9. The lowest BCUT2D eigenvalue weighted by atomic mass is 9.75. The Morgan fingerprint density at radius 1 is 1.35 bits per heavy atom. The fraction of sp³-hybridized carbons (Fsp3) is 0.800. The molecule has 1 heterocycles. The van der Waals surface area contributed by atoms with Crippen LogP contribution in [-0.2, 0) is 6.54 Å². The molecule has 112 valence electrons. The van der Waals surface area contributed by atoms with Gasteiger partial charge in [0.25, 0.3) is 0 Å². The Kier molecular flexibility index (Phi) is 4.02. The van der Waals surface area contributed by atoms with Gasteiger partial charge < -0.3 is 15.1 Å². The molecule has 0 aliphatic heterocycles. The van der Waals surface area contributed by atoms with Crippen molar-refractivity contribution in [1.29, 1.82) is 0 Å². The van der Waals surface area contributed by atoms with Crippen molar-refractivity contribution in [2.75, 3.05) is 32.6 Å². The van der Waals surface area contributed by atoms with Gasteiger partial charge in [-0.2, -0.15) is 0 Å². The summed E-state index contributed by atoms with van der Waals surface area (Å²) in [7, 11) is 6.60. The molecule has 1 aromatic heterocycles. The molecule has 2 aliphatic carbocycles. The maximum absolute atomic E-state index is 4.78. The highest BCUT2D eigenvalue weighted by Crippen LogP contribution is 2.37. The molecule has 2 fully saturated rings. The topological polar surface area (TPSA) is 31.4 Å². The third-order valence-corrected chi connectivity index (χ3v) is 5.78. The average molecular weight is 294 g/mol. The van der Waals surface area contributed by atoms with Gasteiger partial charge in [0.05, 0.1) is 5.69 Å². The van der Waals surface area contributed by atoms with Gasteiger partial charge in [0, 0.05) is 37.1 Å². The monoisotopic (exact) mass is 294 g/mol. The zero-order valence-corrected chi connectivity index (χ0v) is 13.7. The summed E-state index contributed by atoms with van der Waals surface area (Å²) < 4.78 is 0. The molecular formula is C15H26N4S. The zero-order chi connectivity index (χ0) is 14.2. The van der Waals surface area contributed by atoms with Crippen LogP contribution in [0.4, 0.5) is 5.13 Å². The molecule has 0 spiro atoms. The molecule has 1 N–H and O–H groups in total. The Morgan fingerprint density at radius 3 is 2.65 bits per heavy atom. The Hall–Kier alpha value is -0.650. The SMILES string of the molecule is CN(CC1(N(C)C)CCC1)c1nc(CNC2CC2)cs1. The van der Waals surface area contributed by atoms with Gasteiger partial charge in [0.1, 0.15) is 0 Å². The first-order valence-corrected chi connectivity index (χ1v) is 8.53. The number of hydrogen-bond donors (Lipinski definition) is 1. The number of likely N-dealkylation sites (N-methyl/N-ethyl adjacent to an activating group) is 2. The summed E-state index contributed by atoms with van der Waals surface area (Å²) in [5.41, 5.74) is 1.56. The summed E-state index contributed by atoms with van der Waals surface area (Å²) in [5, 5.41) is 6.89. The second-order valence-electron chi connectivity index (χ2n) is 6.60. The van der Waals surface area contributed by atoms with Crippen molar-refractivity contribution in [1.82, 2.24) is 15.2 Å². The number of thiazole rings is 1. The first-order chi connectivity index (χ1) is 9.59. The van der Waals surface area contributed by atoms with Gasteiger partial charge >= 0.3 is 0 Å². The van der Waals surface area contributed by atoms with Gasteiger partial charge in [-0.1, -0.05) is 0 Å². The number of rotatable bonds is 7. The van der Waals surface area contributed by atoms with Crippen molar-refractivity contribution >= 4 is 16.5 Å². The number of anilines is 1.